The Morgan fingerprint density at radius 3 is 2.71 bits per heavy atom. The smallest absolute Gasteiger partial charge is 0.257 e. The van der Waals surface area contributed by atoms with Crippen molar-refractivity contribution in [2.45, 2.75) is 6.10 Å². The highest BCUT2D eigenvalue weighted by Crippen LogP contribution is 2.23. The van der Waals surface area contributed by atoms with Crippen molar-refractivity contribution in [2.24, 2.45) is 0 Å². The maximum Gasteiger partial charge on any atom is 0.257 e. The van der Waals surface area contributed by atoms with Gasteiger partial charge in [0.25, 0.3) is 5.91 Å². The number of phenols is 1. The third-order valence-electron chi connectivity index (χ3n) is 3.56. The lowest BCUT2D eigenvalue weighted by Gasteiger charge is -2.12. The first-order valence-electron chi connectivity index (χ1n) is 7.40. The molecule has 1 atom stereocenters. The predicted molar refractivity (Wildman–Crippen MR) is 87.3 cm³/mol. The van der Waals surface area contributed by atoms with Gasteiger partial charge in [-0.05, 0) is 17.7 Å². The number of carbonyl (C=O) groups is 1. The molecule has 0 saturated carbocycles. The number of aliphatic hydroxyl groups excluding tert-OH is 1. The highest BCUT2D eigenvalue weighted by Gasteiger charge is 2.18. The molecule has 3 rings (SSSR count). The first kappa shape index (κ1) is 15.8. The number of aromatic hydroxyl groups is 1. The maximum atomic E-state index is 12.3. The highest BCUT2D eigenvalue weighted by atomic mass is 16.5. The Labute approximate surface area is 138 Å². The van der Waals surface area contributed by atoms with Gasteiger partial charge in [-0.3, -0.25) is 4.79 Å². The molecule has 3 N–H and O–H groups in total. The monoisotopic (exact) mass is 324 g/mol. The molecule has 0 saturated heterocycles. The van der Waals surface area contributed by atoms with Crippen LogP contribution in [0.4, 0.5) is 0 Å². The SMILES string of the molecule is O=C(NC[C@H](O)c1cccc(O)c1)c1cnoc1-c1ccccc1. The summed E-state index contributed by atoms with van der Waals surface area (Å²) in [4.78, 5) is 12.3. The van der Waals surface area contributed by atoms with E-state index < -0.39 is 12.0 Å². The van der Waals surface area contributed by atoms with Gasteiger partial charge in [-0.15, -0.1) is 0 Å². The Morgan fingerprint density at radius 1 is 1.17 bits per heavy atom. The molecule has 1 heterocycles. The molecule has 1 aromatic heterocycles. The van der Waals surface area contributed by atoms with Gasteiger partial charge in [0.15, 0.2) is 5.76 Å². The lowest BCUT2D eigenvalue weighted by molar-refractivity contribution is 0.0916. The summed E-state index contributed by atoms with van der Waals surface area (Å²) in [5.41, 5.74) is 1.56. The quantitative estimate of drug-likeness (QED) is 0.670. The molecule has 3 aromatic rings. The van der Waals surface area contributed by atoms with Crippen molar-refractivity contribution in [3.05, 3.63) is 71.9 Å². The van der Waals surface area contributed by atoms with Crippen molar-refractivity contribution < 1.29 is 19.5 Å². The summed E-state index contributed by atoms with van der Waals surface area (Å²) in [6, 6.07) is 15.4. The van der Waals surface area contributed by atoms with E-state index >= 15 is 0 Å². The topological polar surface area (TPSA) is 95.6 Å². The second-order valence-corrected chi connectivity index (χ2v) is 5.26. The van der Waals surface area contributed by atoms with Gasteiger partial charge in [-0.1, -0.05) is 47.6 Å². The summed E-state index contributed by atoms with van der Waals surface area (Å²) in [6.07, 6.45) is 0.416. The molecule has 24 heavy (non-hydrogen) atoms. The predicted octanol–water partition coefficient (Wildman–Crippen LogP) is 2.51. The van der Waals surface area contributed by atoms with Crippen LogP contribution in [0.25, 0.3) is 11.3 Å². The van der Waals surface area contributed by atoms with E-state index in [1.54, 1.807) is 12.1 Å². The molecule has 0 aliphatic carbocycles. The number of hydrogen-bond donors (Lipinski definition) is 3. The minimum absolute atomic E-state index is 0.00168. The van der Waals surface area contributed by atoms with Gasteiger partial charge in [-0.25, -0.2) is 0 Å². The molecule has 1 amide bonds. The van der Waals surface area contributed by atoms with Gasteiger partial charge >= 0.3 is 0 Å². The molecule has 6 heteroatoms. The van der Waals surface area contributed by atoms with Gasteiger partial charge in [-0.2, -0.15) is 0 Å². The molecule has 0 bridgehead atoms. The average molecular weight is 324 g/mol. The largest absolute Gasteiger partial charge is 0.508 e. The van der Waals surface area contributed by atoms with Crippen molar-refractivity contribution >= 4 is 5.91 Å². The fourth-order valence-electron chi connectivity index (χ4n) is 2.33. The summed E-state index contributed by atoms with van der Waals surface area (Å²) in [5.74, 6) is 0.0394. The summed E-state index contributed by atoms with van der Waals surface area (Å²) in [6.45, 7) is 0.00168. The minimum Gasteiger partial charge on any atom is -0.508 e. The Morgan fingerprint density at radius 2 is 1.96 bits per heavy atom. The molecule has 0 fully saturated rings. The van der Waals surface area contributed by atoms with Crippen molar-refractivity contribution in [1.82, 2.24) is 10.5 Å². The number of amides is 1. The average Bonchev–Trinajstić information content (AvgIpc) is 3.10. The molecule has 0 unspecified atom stereocenters. The van der Waals surface area contributed by atoms with E-state index in [0.717, 1.165) is 5.56 Å². The number of benzene rings is 2. The van der Waals surface area contributed by atoms with Crippen molar-refractivity contribution in [2.75, 3.05) is 6.54 Å². The van der Waals surface area contributed by atoms with Gasteiger partial charge in [0.05, 0.1) is 12.3 Å². The molecular formula is C18H16N2O4. The third-order valence-corrected chi connectivity index (χ3v) is 3.56. The maximum absolute atomic E-state index is 12.3. The van der Waals surface area contributed by atoms with Crippen LogP contribution in [0.3, 0.4) is 0 Å². The lowest BCUT2D eigenvalue weighted by Crippen LogP contribution is -2.28. The minimum atomic E-state index is -0.930. The fourth-order valence-corrected chi connectivity index (χ4v) is 2.33. The molecule has 122 valence electrons. The molecule has 0 spiro atoms. The zero-order valence-electron chi connectivity index (χ0n) is 12.7. The Kier molecular flexibility index (Phi) is 4.58. The van der Waals surface area contributed by atoms with Crippen LogP contribution < -0.4 is 5.32 Å². The van der Waals surface area contributed by atoms with Crippen LogP contribution in [0.1, 0.15) is 22.0 Å². The molecule has 6 nitrogen and oxygen atoms in total. The Balaban J connectivity index is 1.69. The zero-order chi connectivity index (χ0) is 16.9. The normalized spacial score (nSPS) is 11.9. The molecule has 0 aliphatic heterocycles. The number of nitrogens with one attached hydrogen (secondary N) is 1. The van der Waals surface area contributed by atoms with E-state index in [4.69, 9.17) is 4.52 Å². The second kappa shape index (κ2) is 6.97. The molecular weight excluding hydrogens is 308 g/mol. The van der Waals surface area contributed by atoms with E-state index in [0.29, 0.717) is 16.9 Å². The number of carbonyl (C=O) groups excluding carboxylic acids is 1. The molecule has 0 radical (unpaired) electrons. The molecule has 0 aliphatic rings. The Hall–Kier alpha value is -3.12. The number of aromatic nitrogens is 1. The number of hydrogen-bond acceptors (Lipinski definition) is 5. The van der Waals surface area contributed by atoms with Crippen LogP contribution in [0, 0.1) is 0 Å². The zero-order valence-corrected chi connectivity index (χ0v) is 12.7. The van der Waals surface area contributed by atoms with Gasteiger partial charge in [0.1, 0.15) is 11.3 Å². The Bertz CT molecular complexity index is 830. The first-order valence-corrected chi connectivity index (χ1v) is 7.40. The van der Waals surface area contributed by atoms with Crippen molar-refractivity contribution in [3.8, 4) is 17.1 Å². The fraction of sp³-hybridized carbons (Fsp3) is 0.111. The number of nitrogens with zero attached hydrogens (tertiary/aromatic N) is 1. The van der Waals surface area contributed by atoms with Crippen LogP contribution in [-0.2, 0) is 0 Å². The standard InChI is InChI=1S/C18H16N2O4/c21-14-8-4-7-13(9-14)16(22)11-19-18(23)15-10-20-24-17(15)12-5-2-1-3-6-12/h1-10,16,21-22H,11H2,(H,19,23)/t16-/m0/s1. The summed E-state index contributed by atoms with van der Waals surface area (Å²) >= 11 is 0. The van der Waals surface area contributed by atoms with Crippen LogP contribution in [0.15, 0.2) is 65.3 Å². The first-order chi connectivity index (χ1) is 11.6. The third kappa shape index (κ3) is 3.44. The van der Waals surface area contributed by atoms with E-state index in [-0.39, 0.29) is 12.3 Å². The summed E-state index contributed by atoms with van der Waals surface area (Å²) in [7, 11) is 0. The lowest BCUT2D eigenvalue weighted by atomic mass is 10.1. The molecule has 2 aromatic carbocycles. The number of aliphatic hydroxyl groups is 1. The highest BCUT2D eigenvalue weighted by molar-refractivity contribution is 5.99. The van der Waals surface area contributed by atoms with E-state index in [1.807, 2.05) is 30.3 Å². The summed E-state index contributed by atoms with van der Waals surface area (Å²) in [5, 5.41) is 25.9. The van der Waals surface area contributed by atoms with E-state index in [1.165, 1.54) is 18.3 Å². The summed E-state index contributed by atoms with van der Waals surface area (Å²) < 4.78 is 5.17. The van der Waals surface area contributed by atoms with Gasteiger partial charge in [0, 0.05) is 12.1 Å². The van der Waals surface area contributed by atoms with Gasteiger partial charge < -0.3 is 20.1 Å². The van der Waals surface area contributed by atoms with Crippen LogP contribution >= 0.6 is 0 Å². The van der Waals surface area contributed by atoms with Gasteiger partial charge in [0.2, 0.25) is 0 Å². The van der Waals surface area contributed by atoms with Crippen molar-refractivity contribution in [1.29, 1.82) is 0 Å². The van der Waals surface area contributed by atoms with E-state index in [2.05, 4.69) is 10.5 Å². The van der Waals surface area contributed by atoms with Crippen LogP contribution in [0.5, 0.6) is 5.75 Å². The van der Waals surface area contributed by atoms with E-state index in [9.17, 15) is 15.0 Å². The number of phenolic OH excluding ortho intramolecular Hbond substituents is 1. The van der Waals surface area contributed by atoms with Crippen LogP contribution in [0.2, 0.25) is 0 Å². The van der Waals surface area contributed by atoms with Crippen LogP contribution in [-0.4, -0.2) is 27.8 Å². The second-order valence-electron chi connectivity index (χ2n) is 5.26. The number of rotatable bonds is 5. The van der Waals surface area contributed by atoms with Crippen molar-refractivity contribution in [3.63, 3.8) is 0 Å².